The van der Waals surface area contributed by atoms with E-state index < -0.39 is 0 Å². The highest BCUT2D eigenvalue weighted by Crippen LogP contribution is 2.34. The van der Waals surface area contributed by atoms with Crippen molar-refractivity contribution in [1.29, 1.82) is 0 Å². The fourth-order valence-corrected chi connectivity index (χ4v) is 6.05. The maximum Gasteiger partial charge on any atom is 0.324 e. The van der Waals surface area contributed by atoms with Crippen LogP contribution in [0.15, 0.2) is 21.9 Å². The van der Waals surface area contributed by atoms with Gasteiger partial charge in [0.05, 0.1) is 10.4 Å². The van der Waals surface area contributed by atoms with Crippen molar-refractivity contribution in [1.82, 2.24) is 24.6 Å². The number of aryl methyl sites for hydroxylation is 1. The summed E-state index contributed by atoms with van der Waals surface area (Å²) < 4.78 is 2.87. The number of amides is 2. The van der Waals surface area contributed by atoms with E-state index in [-0.39, 0.29) is 6.03 Å². The molecule has 0 unspecified atom stereocenters. The number of nitrogens with one attached hydrogen (secondary N) is 1. The van der Waals surface area contributed by atoms with E-state index in [4.69, 9.17) is 0 Å². The number of hydrogen-bond donors (Lipinski definition) is 1. The number of thiazole rings is 1. The average molecular weight is 421 g/mol. The molecule has 0 radical (unpaired) electrons. The third-order valence-corrected chi connectivity index (χ3v) is 7.80. The molecule has 0 atom stereocenters. The van der Waals surface area contributed by atoms with Crippen LogP contribution in [0.3, 0.4) is 0 Å². The lowest BCUT2D eigenvalue weighted by molar-refractivity contribution is 0.114. The minimum Gasteiger partial charge on any atom is -0.319 e. The van der Waals surface area contributed by atoms with Gasteiger partial charge in [-0.1, -0.05) is 49.9 Å². The molecule has 0 saturated heterocycles. The van der Waals surface area contributed by atoms with Crippen molar-refractivity contribution in [3.05, 3.63) is 12.5 Å². The summed E-state index contributed by atoms with van der Waals surface area (Å²) in [5.74, 6) is 0. The van der Waals surface area contributed by atoms with Crippen molar-refractivity contribution in [2.24, 2.45) is 7.05 Å². The molecule has 1 N–H and O–H groups in total. The van der Waals surface area contributed by atoms with Crippen LogP contribution in [0.2, 0.25) is 0 Å². The van der Waals surface area contributed by atoms with Crippen LogP contribution in [0.25, 0.3) is 0 Å². The molecule has 2 aromatic heterocycles. The molecule has 2 saturated carbocycles. The minimum absolute atomic E-state index is 0.0309. The summed E-state index contributed by atoms with van der Waals surface area (Å²) in [5, 5.41) is 12.6. The smallest absolute Gasteiger partial charge is 0.319 e. The second-order valence-electron chi connectivity index (χ2n) is 7.73. The Labute approximate surface area is 174 Å². The van der Waals surface area contributed by atoms with Gasteiger partial charge in [0.1, 0.15) is 6.33 Å². The lowest BCUT2D eigenvalue weighted by Crippen LogP contribution is -2.50. The highest BCUT2D eigenvalue weighted by molar-refractivity contribution is 8.01. The lowest BCUT2D eigenvalue weighted by Gasteiger charge is -2.41. The van der Waals surface area contributed by atoms with E-state index in [9.17, 15) is 4.79 Å². The second kappa shape index (κ2) is 9.26. The molecule has 4 rings (SSSR count). The van der Waals surface area contributed by atoms with Crippen LogP contribution < -0.4 is 5.32 Å². The van der Waals surface area contributed by atoms with Gasteiger partial charge in [-0.15, -0.1) is 10.2 Å². The largest absolute Gasteiger partial charge is 0.324 e. The fourth-order valence-electron chi connectivity index (χ4n) is 4.32. The topological polar surface area (TPSA) is 75.9 Å². The molecule has 0 aromatic carbocycles. The molecular formula is C19H28N6OS2. The van der Waals surface area contributed by atoms with E-state index in [1.165, 1.54) is 61.6 Å². The maximum atomic E-state index is 13.2. The van der Waals surface area contributed by atoms with Crippen LogP contribution in [0.5, 0.6) is 0 Å². The monoisotopic (exact) mass is 420 g/mol. The Morgan fingerprint density at radius 3 is 2.36 bits per heavy atom. The first-order valence-electron chi connectivity index (χ1n) is 10.3. The summed E-state index contributed by atoms with van der Waals surface area (Å²) in [7, 11) is 1.91. The van der Waals surface area contributed by atoms with Crippen LogP contribution in [0, 0.1) is 0 Å². The van der Waals surface area contributed by atoms with Crippen LogP contribution in [-0.2, 0) is 7.05 Å². The van der Waals surface area contributed by atoms with E-state index in [0.717, 1.165) is 35.0 Å². The van der Waals surface area contributed by atoms with Gasteiger partial charge in [0, 0.05) is 19.1 Å². The predicted octanol–water partition coefficient (Wildman–Crippen LogP) is 4.92. The van der Waals surface area contributed by atoms with Crippen LogP contribution in [-0.4, -0.2) is 42.8 Å². The quantitative estimate of drug-likeness (QED) is 0.743. The van der Waals surface area contributed by atoms with Crippen molar-refractivity contribution in [3.8, 4) is 0 Å². The van der Waals surface area contributed by atoms with Gasteiger partial charge in [0.15, 0.2) is 10.3 Å². The van der Waals surface area contributed by atoms with Gasteiger partial charge in [-0.25, -0.2) is 9.78 Å². The Hall–Kier alpha value is -1.61. The molecule has 2 aliphatic rings. The number of anilines is 1. The van der Waals surface area contributed by atoms with Crippen LogP contribution >= 0.6 is 23.1 Å². The molecule has 9 heteroatoms. The average Bonchev–Trinajstić information content (AvgIpc) is 3.33. The van der Waals surface area contributed by atoms with Crippen LogP contribution in [0.4, 0.5) is 9.93 Å². The molecule has 7 nitrogen and oxygen atoms in total. The molecule has 2 heterocycles. The highest BCUT2D eigenvalue weighted by Gasteiger charge is 2.32. The Kier molecular flexibility index (Phi) is 6.51. The van der Waals surface area contributed by atoms with E-state index in [2.05, 4.69) is 25.4 Å². The number of nitrogens with zero attached hydrogens (tertiary/aromatic N) is 5. The minimum atomic E-state index is 0.0309. The molecule has 0 aliphatic heterocycles. The maximum absolute atomic E-state index is 13.2. The molecule has 0 bridgehead atoms. The number of hydrogen-bond acceptors (Lipinski definition) is 6. The van der Waals surface area contributed by atoms with E-state index >= 15 is 0 Å². The van der Waals surface area contributed by atoms with E-state index in [1.54, 1.807) is 12.5 Å². The first-order chi connectivity index (χ1) is 13.7. The summed E-state index contributed by atoms with van der Waals surface area (Å²) in [4.78, 5) is 19.8. The van der Waals surface area contributed by atoms with E-state index in [1.807, 2.05) is 11.6 Å². The van der Waals surface area contributed by atoms with Gasteiger partial charge in [0.2, 0.25) is 0 Å². The summed E-state index contributed by atoms with van der Waals surface area (Å²) in [6.45, 7) is 0. The van der Waals surface area contributed by atoms with Gasteiger partial charge in [-0.2, -0.15) is 0 Å². The zero-order valence-corrected chi connectivity index (χ0v) is 18.0. The Balaban J connectivity index is 1.44. The van der Waals surface area contributed by atoms with Crippen LogP contribution in [0.1, 0.15) is 64.2 Å². The van der Waals surface area contributed by atoms with E-state index in [0.29, 0.717) is 17.2 Å². The number of carbonyl (C=O) groups is 1. The molecular weight excluding hydrogens is 392 g/mol. The normalized spacial score (nSPS) is 18.9. The Morgan fingerprint density at radius 2 is 1.79 bits per heavy atom. The predicted molar refractivity (Wildman–Crippen MR) is 112 cm³/mol. The number of aromatic nitrogens is 4. The Bertz CT molecular complexity index is 761. The molecule has 0 spiro atoms. The zero-order valence-electron chi connectivity index (χ0n) is 16.3. The second-order valence-corrected chi connectivity index (χ2v) is 10.0. The van der Waals surface area contributed by atoms with Gasteiger partial charge < -0.3 is 9.47 Å². The molecule has 2 amide bonds. The van der Waals surface area contributed by atoms with Crippen molar-refractivity contribution in [2.45, 2.75) is 85.7 Å². The fraction of sp³-hybridized carbons (Fsp3) is 0.684. The first kappa shape index (κ1) is 19.7. The molecule has 2 aliphatic carbocycles. The SMILES string of the molecule is Cn1cnnc1Sc1cnc(NC(=O)N(C2CCCCC2)C2CCCCC2)s1. The summed E-state index contributed by atoms with van der Waals surface area (Å²) in [5.41, 5.74) is 0. The molecule has 2 fully saturated rings. The van der Waals surface area contributed by atoms with Crippen molar-refractivity contribution in [3.63, 3.8) is 0 Å². The summed E-state index contributed by atoms with van der Waals surface area (Å²) in [6.07, 6.45) is 15.5. The summed E-state index contributed by atoms with van der Waals surface area (Å²) in [6, 6.07) is 0.789. The van der Waals surface area contributed by atoms with Gasteiger partial charge >= 0.3 is 6.03 Å². The number of rotatable bonds is 5. The zero-order chi connectivity index (χ0) is 19.3. The molecule has 2 aromatic rings. The highest BCUT2D eigenvalue weighted by atomic mass is 32.2. The first-order valence-corrected chi connectivity index (χ1v) is 11.9. The van der Waals surface area contributed by atoms with Gasteiger partial charge in [-0.3, -0.25) is 5.32 Å². The van der Waals surface area contributed by atoms with Gasteiger partial charge in [0.25, 0.3) is 0 Å². The lowest BCUT2D eigenvalue weighted by atomic mass is 9.89. The third-order valence-electron chi connectivity index (χ3n) is 5.73. The summed E-state index contributed by atoms with van der Waals surface area (Å²) >= 11 is 3.00. The van der Waals surface area contributed by atoms with Crippen molar-refractivity contribution >= 4 is 34.3 Å². The molecule has 28 heavy (non-hydrogen) atoms. The van der Waals surface area contributed by atoms with Gasteiger partial charge in [-0.05, 0) is 37.4 Å². The number of urea groups is 1. The van der Waals surface area contributed by atoms with Crippen molar-refractivity contribution < 1.29 is 4.79 Å². The Morgan fingerprint density at radius 1 is 1.14 bits per heavy atom. The third kappa shape index (κ3) is 4.68. The molecule has 152 valence electrons. The standard InChI is InChI=1S/C19H28N6OS2/c1-24-13-21-23-19(24)28-16-12-20-17(27-16)22-18(26)25(14-8-4-2-5-9-14)15-10-6-3-7-11-15/h12-15H,2-11H2,1H3,(H,20,22,26). The number of carbonyl (C=O) groups excluding carboxylic acids is 1. The van der Waals surface area contributed by atoms with Crippen molar-refractivity contribution in [2.75, 3.05) is 5.32 Å².